The maximum Gasteiger partial charge on any atom is 0.319 e. The number of amides is 2. The second-order valence-electron chi connectivity index (χ2n) is 5.62. The number of urea groups is 1. The van der Waals surface area contributed by atoms with E-state index in [0.29, 0.717) is 22.9 Å². The fourth-order valence-electron chi connectivity index (χ4n) is 1.59. The van der Waals surface area contributed by atoms with Crippen molar-refractivity contribution in [1.82, 2.24) is 5.32 Å². The molecule has 2 N–H and O–H groups in total. The highest BCUT2D eigenvalue weighted by molar-refractivity contribution is 5.91. The Morgan fingerprint density at radius 2 is 1.90 bits per heavy atom. The Bertz CT molecular complexity index is 533. The fourth-order valence-corrected chi connectivity index (χ4v) is 1.59. The molecule has 1 atom stereocenters. The SMILES string of the molecule is CC(C)Oc1ccc(C#N)cc1NC(=O)NC(C)C(C)C. The second-order valence-corrected chi connectivity index (χ2v) is 5.62. The summed E-state index contributed by atoms with van der Waals surface area (Å²) in [5.41, 5.74) is 0.967. The average Bonchev–Trinajstić information content (AvgIpc) is 2.39. The molecule has 21 heavy (non-hydrogen) atoms. The van der Waals surface area contributed by atoms with E-state index in [2.05, 4.69) is 16.7 Å². The number of ether oxygens (including phenoxy) is 1. The van der Waals surface area contributed by atoms with E-state index in [-0.39, 0.29) is 18.2 Å². The molecule has 0 aliphatic carbocycles. The number of nitrogens with zero attached hydrogens (tertiary/aromatic N) is 1. The molecule has 0 bridgehead atoms. The van der Waals surface area contributed by atoms with Crippen molar-refractivity contribution in [2.24, 2.45) is 5.92 Å². The lowest BCUT2D eigenvalue weighted by Gasteiger charge is -2.19. The van der Waals surface area contributed by atoms with E-state index in [4.69, 9.17) is 10.00 Å². The smallest absolute Gasteiger partial charge is 0.319 e. The van der Waals surface area contributed by atoms with Crippen LogP contribution in [0.15, 0.2) is 18.2 Å². The van der Waals surface area contributed by atoms with Gasteiger partial charge in [-0.2, -0.15) is 5.26 Å². The minimum absolute atomic E-state index is 0.0175. The first-order valence-electron chi connectivity index (χ1n) is 7.11. The van der Waals surface area contributed by atoms with Crippen molar-refractivity contribution >= 4 is 11.7 Å². The molecule has 5 nitrogen and oxygen atoms in total. The molecule has 0 saturated carbocycles. The third kappa shape index (κ3) is 5.35. The summed E-state index contributed by atoms with van der Waals surface area (Å²) < 4.78 is 5.65. The highest BCUT2D eigenvalue weighted by Gasteiger charge is 2.14. The van der Waals surface area contributed by atoms with Crippen molar-refractivity contribution in [3.63, 3.8) is 0 Å². The van der Waals surface area contributed by atoms with Gasteiger partial charge < -0.3 is 15.4 Å². The monoisotopic (exact) mass is 289 g/mol. The summed E-state index contributed by atoms with van der Waals surface area (Å²) >= 11 is 0. The van der Waals surface area contributed by atoms with Crippen molar-refractivity contribution in [2.75, 3.05) is 5.32 Å². The molecule has 0 saturated heterocycles. The Balaban J connectivity index is 2.89. The molecule has 0 heterocycles. The van der Waals surface area contributed by atoms with Gasteiger partial charge in [-0.15, -0.1) is 0 Å². The summed E-state index contributed by atoms with van der Waals surface area (Å²) in [6.45, 7) is 9.83. The highest BCUT2D eigenvalue weighted by Crippen LogP contribution is 2.26. The molecular formula is C16H23N3O2. The summed E-state index contributed by atoms with van der Waals surface area (Å²) in [6.07, 6.45) is -0.0175. The Hall–Kier alpha value is -2.22. The van der Waals surface area contributed by atoms with Crippen LogP contribution in [0.4, 0.5) is 10.5 Å². The molecule has 0 spiro atoms. The predicted octanol–water partition coefficient (Wildman–Crippen LogP) is 3.51. The van der Waals surface area contributed by atoms with E-state index in [1.165, 1.54) is 0 Å². The van der Waals surface area contributed by atoms with E-state index < -0.39 is 0 Å². The predicted molar refractivity (Wildman–Crippen MR) is 83.4 cm³/mol. The zero-order valence-electron chi connectivity index (χ0n) is 13.2. The van der Waals surface area contributed by atoms with Crippen LogP contribution in [0.3, 0.4) is 0 Å². The lowest BCUT2D eigenvalue weighted by Crippen LogP contribution is -2.39. The number of hydrogen-bond acceptors (Lipinski definition) is 3. The molecule has 0 radical (unpaired) electrons. The summed E-state index contributed by atoms with van der Waals surface area (Å²) in [6, 6.07) is 6.77. The molecule has 1 aromatic carbocycles. The molecule has 1 rings (SSSR count). The van der Waals surface area contributed by atoms with Crippen LogP contribution in [0, 0.1) is 17.2 Å². The van der Waals surface area contributed by atoms with Crippen LogP contribution in [0.25, 0.3) is 0 Å². The summed E-state index contributed by atoms with van der Waals surface area (Å²) in [7, 11) is 0. The highest BCUT2D eigenvalue weighted by atomic mass is 16.5. The molecule has 114 valence electrons. The van der Waals surface area contributed by atoms with Gasteiger partial charge in [0, 0.05) is 6.04 Å². The number of nitriles is 1. The molecule has 1 aromatic rings. The summed E-state index contributed by atoms with van der Waals surface area (Å²) in [5.74, 6) is 0.893. The molecule has 0 aliphatic rings. The zero-order chi connectivity index (χ0) is 16.0. The lowest BCUT2D eigenvalue weighted by atomic mass is 10.1. The number of carbonyl (C=O) groups excluding carboxylic acids is 1. The van der Waals surface area contributed by atoms with Crippen LogP contribution in [-0.4, -0.2) is 18.2 Å². The number of hydrogen-bond donors (Lipinski definition) is 2. The second kappa shape index (κ2) is 7.53. The molecule has 2 amide bonds. The molecule has 0 aliphatic heterocycles. The minimum atomic E-state index is -0.306. The summed E-state index contributed by atoms with van der Waals surface area (Å²) in [5, 5.41) is 14.6. The van der Waals surface area contributed by atoms with Crippen molar-refractivity contribution in [3.05, 3.63) is 23.8 Å². The zero-order valence-corrected chi connectivity index (χ0v) is 13.2. The topological polar surface area (TPSA) is 74.1 Å². The van der Waals surface area contributed by atoms with Crippen molar-refractivity contribution in [2.45, 2.75) is 46.8 Å². The van der Waals surface area contributed by atoms with Crippen LogP contribution in [0.5, 0.6) is 5.75 Å². The van der Waals surface area contributed by atoms with Gasteiger partial charge >= 0.3 is 6.03 Å². The van der Waals surface area contributed by atoms with Crippen molar-refractivity contribution < 1.29 is 9.53 Å². The van der Waals surface area contributed by atoms with Gasteiger partial charge in [0.2, 0.25) is 0 Å². The van der Waals surface area contributed by atoms with Gasteiger partial charge in [0.25, 0.3) is 0 Å². The van der Waals surface area contributed by atoms with Crippen LogP contribution in [0.1, 0.15) is 40.2 Å². The number of rotatable bonds is 5. The van der Waals surface area contributed by atoms with Crippen LogP contribution < -0.4 is 15.4 Å². The molecule has 5 heteroatoms. The Morgan fingerprint density at radius 3 is 2.43 bits per heavy atom. The van der Waals surface area contributed by atoms with E-state index >= 15 is 0 Å². The van der Waals surface area contributed by atoms with Gasteiger partial charge in [-0.1, -0.05) is 13.8 Å². The van der Waals surface area contributed by atoms with Crippen molar-refractivity contribution in [1.29, 1.82) is 5.26 Å². The quantitative estimate of drug-likeness (QED) is 0.871. The standard InChI is InChI=1S/C16H23N3O2/c1-10(2)12(5)18-16(20)19-14-8-13(9-17)6-7-15(14)21-11(3)4/h6-8,10-12H,1-5H3,(H2,18,19,20). The number of carbonyl (C=O) groups is 1. The van der Waals surface area contributed by atoms with Crippen LogP contribution >= 0.6 is 0 Å². The van der Waals surface area contributed by atoms with E-state index in [1.54, 1.807) is 18.2 Å². The van der Waals surface area contributed by atoms with Gasteiger partial charge in [0.05, 0.1) is 23.4 Å². The maximum absolute atomic E-state index is 12.0. The van der Waals surface area contributed by atoms with Gasteiger partial charge in [0.15, 0.2) is 0 Å². The normalized spacial score (nSPS) is 11.9. The van der Waals surface area contributed by atoms with Gasteiger partial charge in [-0.25, -0.2) is 4.79 Å². The number of benzene rings is 1. The van der Waals surface area contributed by atoms with Crippen LogP contribution in [-0.2, 0) is 0 Å². The molecular weight excluding hydrogens is 266 g/mol. The molecule has 0 aromatic heterocycles. The van der Waals surface area contributed by atoms with E-state index in [9.17, 15) is 4.79 Å². The van der Waals surface area contributed by atoms with E-state index in [0.717, 1.165) is 0 Å². The average molecular weight is 289 g/mol. The minimum Gasteiger partial charge on any atom is -0.489 e. The first kappa shape index (κ1) is 16.8. The third-order valence-corrected chi connectivity index (χ3v) is 3.08. The molecule has 1 unspecified atom stereocenters. The van der Waals surface area contributed by atoms with Gasteiger partial charge in [-0.05, 0) is 44.9 Å². The maximum atomic E-state index is 12.0. The Labute approximate surface area is 126 Å². The summed E-state index contributed by atoms with van der Waals surface area (Å²) in [4.78, 5) is 12.0. The number of anilines is 1. The first-order valence-corrected chi connectivity index (χ1v) is 7.11. The first-order chi connectivity index (χ1) is 9.83. The third-order valence-electron chi connectivity index (χ3n) is 3.08. The van der Waals surface area contributed by atoms with E-state index in [1.807, 2.05) is 34.6 Å². The Kier molecular flexibility index (Phi) is 6.04. The van der Waals surface area contributed by atoms with Crippen LogP contribution in [0.2, 0.25) is 0 Å². The molecule has 0 fully saturated rings. The van der Waals surface area contributed by atoms with Gasteiger partial charge in [0.1, 0.15) is 5.75 Å². The Morgan fingerprint density at radius 1 is 1.24 bits per heavy atom. The lowest BCUT2D eigenvalue weighted by molar-refractivity contribution is 0.240. The fraction of sp³-hybridized carbons (Fsp3) is 0.500. The largest absolute Gasteiger partial charge is 0.489 e. The van der Waals surface area contributed by atoms with Gasteiger partial charge in [-0.3, -0.25) is 0 Å². The van der Waals surface area contributed by atoms with Crippen molar-refractivity contribution in [3.8, 4) is 11.8 Å². The number of nitrogens with one attached hydrogen (secondary N) is 2.